The van der Waals surface area contributed by atoms with E-state index in [-0.39, 0.29) is 0 Å². The highest BCUT2D eigenvalue weighted by molar-refractivity contribution is 5.32. The van der Waals surface area contributed by atoms with E-state index in [4.69, 9.17) is 4.74 Å². The van der Waals surface area contributed by atoms with E-state index >= 15 is 0 Å². The Morgan fingerprint density at radius 2 is 2.15 bits per heavy atom. The average Bonchev–Trinajstić information content (AvgIpc) is 2.46. The molecule has 2 rings (SSSR count). The lowest BCUT2D eigenvalue weighted by Crippen LogP contribution is -2.21. The van der Waals surface area contributed by atoms with Crippen LogP contribution in [-0.2, 0) is 0 Å². The third kappa shape index (κ3) is 3.95. The fourth-order valence-electron chi connectivity index (χ4n) is 2.32. The molecule has 2 atom stereocenters. The van der Waals surface area contributed by atoms with E-state index in [9.17, 15) is 0 Å². The monoisotopic (exact) mass is 275 g/mol. The highest BCUT2D eigenvalue weighted by Crippen LogP contribution is 2.26. The first-order chi connectivity index (χ1) is 9.70. The van der Waals surface area contributed by atoms with Crippen molar-refractivity contribution in [2.75, 3.05) is 18.5 Å². The molecule has 0 radical (unpaired) electrons. The molecule has 4 heteroatoms. The molecule has 1 aromatic rings. The number of aromatic nitrogens is 2. The molecular weight excluding hydrogens is 250 g/mol. The van der Waals surface area contributed by atoms with E-state index in [1.54, 1.807) is 0 Å². The Morgan fingerprint density at radius 1 is 1.35 bits per heavy atom. The Balaban J connectivity index is 1.95. The van der Waals surface area contributed by atoms with Gasteiger partial charge >= 0.3 is 0 Å². The molecule has 4 nitrogen and oxygen atoms in total. The Morgan fingerprint density at radius 3 is 2.90 bits per heavy atom. The largest absolute Gasteiger partial charge is 0.477 e. The second-order valence-electron chi connectivity index (χ2n) is 5.60. The van der Waals surface area contributed by atoms with Crippen LogP contribution < -0.4 is 10.1 Å². The van der Waals surface area contributed by atoms with Crippen LogP contribution >= 0.6 is 0 Å². The number of ether oxygens (including phenoxy) is 1. The van der Waals surface area contributed by atoms with Gasteiger partial charge < -0.3 is 10.1 Å². The molecule has 1 aliphatic carbocycles. The van der Waals surface area contributed by atoms with Crippen molar-refractivity contribution in [1.82, 2.24) is 9.97 Å². The maximum atomic E-state index is 5.94. The van der Waals surface area contributed by atoms with Gasteiger partial charge in [-0.15, -0.1) is 0 Å². The summed E-state index contributed by atoms with van der Waals surface area (Å²) in [5.41, 5.74) is 0.992. The van der Waals surface area contributed by atoms with E-state index in [1.165, 1.54) is 0 Å². The Labute approximate surface area is 121 Å². The maximum Gasteiger partial charge on any atom is 0.225 e. The first kappa shape index (κ1) is 14.8. The van der Waals surface area contributed by atoms with Crippen LogP contribution in [0.2, 0.25) is 0 Å². The van der Waals surface area contributed by atoms with Crippen LogP contribution in [-0.4, -0.2) is 23.1 Å². The summed E-state index contributed by atoms with van der Waals surface area (Å²) in [4.78, 5) is 8.73. The SMILES string of the molecule is CCCNc1ncc(C)c(OCC2CC=CCC2C)n1. The zero-order chi connectivity index (χ0) is 14.4. The molecule has 0 aromatic carbocycles. The number of hydrogen-bond acceptors (Lipinski definition) is 4. The second-order valence-corrected chi connectivity index (χ2v) is 5.60. The second kappa shape index (κ2) is 7.27. The smallest absolute Gasteiger partial charge is 0.225 e. The molecule has 0 bridgehead atoms. The summed E-state index contributed by atoms with van der Waals surface area (Å²) >= 11 is 0. The van der Waals surface area contributed by atoms with E-state index in [2.05, 4.69) is 41.3 Å². The molecule has 1 aliphatic rings. The molecule has 0 saturated carbocycles. The molecule has 20 heavy (non-hydrogen) atoms. The van der Waals surface area contributed by atoms with Crippen LogP contribution in [0.25, 0.3) is 0 Å². The topological polar surface area (TPSA) is 47.0 Å². The molecule has 1 N–H and O–H groups in total. The van der Waals surface area contributed by atoms with E-state index in [0.717, 1.165) is 38.0 Å². The standard InChI is InChI=1S/C16H25N3O/c1-4-9-17-16-18-10-13(3)15(19-16)20-11-14-8-6-5-7-12(14)2/h5-6,10,12,14H,4,7-9,11H2,1-3H3,(H,17,18,19). The van der Waals surface area contributed by atoms with Crippen molar-refractivity contribution in [3.63, 3.8) is 0 Å². The summed E-state index contributed by atoms with van der Waals surface area (Å²) < 4.78 is 5.94. The molecule has 110 valence electrons. The summed E-state index contributed by atoms with van der Waals surface area (Å²) in [6.45, 7) is 8.02. The van der Waals surface area contributed by atoms with Crippen LogP contribution in [0.1, 0.15) is 38.7 Å². The molecule has 0 spiro atoms. The van der Waals surface area contributed by atoms with Crippen molar-refractivity contribution < 1.29 is 4.74 Å². The molecule has 0 amide bonds. The Kier molecular flexibility index (Phi) is 5.39. The van der Waals surface area contributed by atoms with Crippen molar-refractivity contribution >= 4 is 5.95 Å². The number of anilines is 1. The van der Waals surface area contributed by atoms with Crippen LogP contribution in [0.3, 0.4) is 0 Å². The van der Waals surface area contributed by atoms with Gasteiger partial charge in [-0.1, -0.05) is 26.0 Å². The lowest BCUT2D eigenvalue weighted by atomic mass is 9.85. The average molecular weight is 275 g/mol. The first-order valence-electron chi connectivity index (χ1n) is 7.56. The minimum absolute atomic E-state index is 0.585. The predicted molar refractivity (Wildman–Crippen MR) is 82.1 cm³/mol. The highest BCUT2D eigenvalue weighted by atomic mass is 16.5. The number of rotatable bonds is 6. The number of hydrogen-bond donors (Lipinski definition) is 1. The molecule has 2 unspecified atom stereocenters. The summed E-state index contributed by atoms with van der Waals surface area (Å²) in [5, 5.41) is 3.20. The maximum absolute atomic E-state index is 5.94. The summed E-state index contributed by atoms with van der Waals surface area (Å²) in [5.74, 6) is 2.63. The van der Waals surface area contributed by atoms with Gasteiger partial charge in [-0.05, 0) is 38.0 Å². The van der Waals surface area contributed by atoms with Gasteiger partial charge in [0.2, 0.25) is 11.8 Å². The zero-order valence-electron chi connectivity index (χ0n) is 12.7. The lowest BCUT2D eigenvalue weighted by molar-refractivity contribution is 0.191. The first-order valence-corrected chi connectivity index (χ1v) is 7.56. The molecule has 0 saturated heterocycles. The van der Waals surface area contributed by atoms with Gasteiger partial charge in [0.25, 0.3) is 0 Å². The Bertz CT molecular complexity index is 459. The van der Waals surface area contributed by atoms with Crippen molar-refractivity contribution in [2.45, 2.75) is 40.0 Å². The normalized spacial score (nSPS) is 21.8. The fourth-order valence-corrected chi connectivity index (χ4v) is 2.32. The number of aryl methyl sites for hydroxylation is 1. The third-order valence-corrected chi connectivity index (χ3v) is 3.81. The quantitative estimate of drug-likeness (QED) is 0.806. The lowest BCUT2D eigenvalue weighted by Gasteiger charge is -2.25. The molecule has 1 aromatic heterocycles. The van der Waals surface area contributed by atoms with E-state index in [0.29, 0.717) is 23.7 Å². The van der Waals surface area contributed by atoms with Crippen molar-refractivity contribution in [3.05, 3.63) is 23.9 Å². The van der Waals surface area contributed by atoms with Gasteiger partial charge in [-0.25, -0.2) is 4.98 Å². The number of nitrogens with one attached hydrogen (secondary N) is 1. The van der Waals surface area contributed by atoms with E-state index < -0.39 is 0 Å². The van der Waals surface area contributed by atoms with Gasteiger partial charge in [-0.3, -0.25) is 0 Å². The fraction of sp³-hybridized carbons (Fsp3) is 0.625. The van der Waals surface area contributed by atoms with E-state index in [1.807, 2.05) is 13.1 Å². The van der Waals surface area contributed by atoms with Crippen molar-refractivity contribution in [2.24, 2.45) is 11.8 Å². The van der Waals surface area contributed by atoms with Crippen LogP contribution in [0.5, 0.6) is 5.88 Å². The van der Waals surface area contributed by atoms with Gasteiger partial charge in [0.15, 0.2) is 0 Å². The van der Waals surface area contributed by atoms with Gasteiger partial charge in [0.05, 0.1) is 6.61 Å². The minimum Gasteiger partial charge on any atom is -0.477 e. The highest BCUT2D eigenvalue weighted by Gasteiger charge is 2.19. The number of nitrogens with zero attached hydrogens (tertiary/aromatic N) is 2. The Hall–Kier alpha value is -1.58. The summed E-state index contributed by atoms with van der Waals surface area (Å²) in [7, 11) is 0. The molecule has 1 heterocycles. The van der Waals surface area contributed by atoms with Gasteiger partial charge in [-0.2, -0.15) is 4.98 Å². The van der Waals surface area contributed by atoms with Crippen LogP contribution in [0, 0.1) is 18.8 Å². The summed E-state index contributed by atoms with van der Waals surface area (Å²) in [6.07, 6.45) is 9.66. The summed E-state index contributed by atoms with van der Waals surface area (Å²) in [6, 6.07) is 0. The third-order valence-electron chi connectivity index (χ3n) is 3.81. The van der Waals surface area contributed by atoms with Gasteiger partial charge in [0, 0.05) is 18.3 Å². The van der Waals surface area contributed by atoms with Gasteiger partial charge in [0.1, 0.15) is 0 Å². The molecular formula is C16H25N3O. The number of allylic oxidation sites excluding steroid dienone is 2. The molecule has 0 aliphatic heterocycles. The van der Waals surface area contributed by atoms with Crippen LogP contribution in [0.4, 0.5) is 5.95 Å². The van der Waals surface area contributed by atoms with Crippen LogP contribution in [0.15, 0.2) is 18.3 Å². The predicted octanol–water partition coefficient (Wildman–Crippen LogP) is 3.59. The zero-order valence-corrected chi connectivity index (χ0v) is 12.7. The van der Waals surface area contributed by atoms with Crippen molar-refractivity contribution in [1.29, 1.82) is 0 Å². The van der Waals surface area contributed by atoms with Crippen molar-refractivity contribution in [3.8, 4) is 5.88 Å². The molecule has 0 fully saturated rings. The minimum atomic E-state index is 0.585.